The summed E-state index contributed by atoms with van der Waals surface area (Å²) in [6.07, 6.45) is 1.68. The third-order valence-electron chi connectivity index (χ3n) is 4.73. The van der Waals surface area contributed by atoms with Crippen LogP contribution < -0.4 is 20.1 Å². The molecule has 2 atom stereocenters. The number of nitrogens with one attached hydrogen (secondary N) is 2. The van der Waals surface area contributed by atoms with E-state index in [2.05, 4.69) is 20.6 Å². The standard InChI is InChI=1S/C20H20ClFN4O3/c1-28-14-6-17-19(18(7-14)29-9-12-4-13(27)8-23-12)20(25-10-24-17)26-11-2-3-16(22)15(21)5-11/h2-3,5-7,10,12-13,23,27H,4,8-9H2,1H3,(H,24,25,26)/t12-,13-/m0/s1. The number of rotatable bonds is 6. The molecular formula is C20H20ClFN4O3. The molecule has 9 heteroatoms. The largest absolute Gasteiger partial charge is 0.497 e. The Hall–Kier alpha value is -2.68. The maximum atomic E-state index is 13.5. The van der Waals surface area contributed by atoms with Crippen molar-refractivity contribution in [1.82, 2.24) is 15.3 Å². The Bertz CT molecular complexity index is 1040. The average molecular weight is 419 g/mol. The second-order valence-electron chi connectivity index (χ2n) is 6.80. The van der Waals surface area contributed by atoms with E-state index < -0.39 is 5.82 Å². The molecule has 3 aromatic rings. The lowest BCUT2D eigenvalue weighted by atomic mass is 10.2. The van der Waals surface area contributed by atoms with Crippen molar-refractivity contribution >= 4 is 34.0 Å². The number of fused-ring (bicyclic) bond motifs is 1. The molecule has 0 spiro atoms. The molecule has 1 aromatic heterocycles. The van der Waals surface area contributed by atoms with Gasteiger partial charge in [0.05, 0.1) is 29.1 Å². The van der Waals surface area contributed by atoms with Crippen LogP contribution in [0.4, 0.5) is 15.9 Å². The maximum absolute atomic E-state index is 13.5. The molecule has 1 saturated heterocycles. The summed E-state index contributed by atoms with van der Waals surface area (Å²) in [5.74, 6) is 1.14. The molecule has 2 aromatic carbocycles. The summed E-state index contributed by atoms with van der Waals surface area (Å²) in [4.78, 5) is 8.65. The lowest BCUT2D eigenvalue weighted by Gasteiger charge is -2.17. The molecule has 3 N–H and O–H groups in total. The number of aliphatic hydroxyl groups is 1. The van der Waals surface area contributed by atoms with Gasteiger partial charge < -0.3 is 25.2 Å². The van der Waals surface area contributed by atoms with Gasteiger partial charge in [-0.15, -0.1) is 0 Å². The van der Waals surface area contributed by atoms with Gasteiger partial charge in [-0.05, 0) is 24.6 Å². The molecule has 0 unspecified atom stereocenters. The van der Waals surface area contributed by atoms with E-state index in [4.69, 9.17) is 21.1 Å². The van der Waals surface area contributed by atoms with E-state index in [1.54, 1.807) is 25.3 Å². The van der Waals surface area contributed by atoms with Crippen LogP contribution in [0, 0.1) is 5.82 Å². The highest BCUT2D eigenvalue weighted by Gasteiger charge is 2.23. The number of halogens is 2. The van der Waals surface area contributed by atoms with Gasteiger partial charge in [0.15, 0.2) is 0 Å². The summed E-state index contributed by atoms with van der Waals surface area (Å²) >= 11 is 5.89. The molecule has 29 heavy (non-hydrogen) atoms. The van der Waals surface area contributed by atoms with Gasteiger partial charge >= 0.3 is 0 Å². The number of anilines is 2. The summed E-state index contributed by atoms with van der Waals surface area (Å²) in [5, 5.41) is 16.7. The average Bonchev–Trinajstić information content (AvgIpc) is 3.14. The first-order valence-corrected chi connectivity index (χ1v) is 9.50. The maximum Gasteiger partial charge on any atom is 0.145 e. The van der Waals surface area contributed by atoms with Gasteiger partial charge in [-0.25, -0.2) is 14.4 Å². The molecule has 4 rings (SSSR count). The van der Waals surface area contributed by atoms with Gasteiger partial charge in [0.1, 0.15) is 36.1 Å². The number of benzene rings is 2. The highest BCUT2D eigenvalue weighted by Crippen LogP contribution is 2.36. The van der Waals surface area contributed by atoms with Crippen molar-refractivity contribution in [2.45, 2.75) is 18.6 Å². The van der Waals surface area contributed by atoms with E-state index in [0.29, 0.717) is 53.5 Å². The van der Waals surface area contributed by atoms with E-state index in [-0.39, 0.29) is 17.2 Å². The normalized spacial score (nSPS) is 18.8. The number of aliphatic hydroxyl groups excluding tert-OH is 1. The summed E-state index contributed by atoms with van der Waals surface area (Å²) < 4.78 is 24.9. The van der Waals surface area contributed by atoms with Gasteiger partial charge in [-0.1, -0.05) is 11.6 Å². The first-order valence-electron chi connectivity index (χ1n) is 9.12. The van der Waals surface area contributed by atoms with Crippen molar-refractivity contribution in [1.29, 1.82) is 0 Å². The van der Waals surface area contributed by atoms with Crippen LogP contribution in [0.5, 0.6) is 11.5 Å². The smallest absolute Gasteiger partial charge is 0.145 e. The number of hydrogen-bond donors (Lipinski definition) is 3. The molecule has 2 heterocycles. The van der Waals surface area contributed by atoms with Gasteiger partial charge in [0.25, 0.3) is 0 Å². The molecular weight excluding hydrogens is 399 g/mol. The van der Waals surface area contributed by atoms with Crippen LogP contribution in [-0.4, -0.2) is 47.5 Å². The summed E-state index contributed by atoms with van der Waals surface area (Å²) in [5.41, 5.74) is 1.21. The summed E-state index contributed by atoms with van der Waals surface area (Å²) in [6, 6.07) is 7.93. The van der Waals surface area contributed by atoms with Crippen molar-refractivity contribution in [3.8, 4) is 11.5 Å². The van der Waals surface area contributed by atoms with Crippen molar-refractivity contribution in [3.63, 3.8) is 0 Å². The Balaban J connectivity index is 1.69. The summed E-state index contributed by atoms with van der Waals surface area (Å²) in [6.45, 7) is 0.921. The van der Waals surface area contributed by atoms with Crippen molar-refractivity contribution in [3.05, 3.63) is 47.5 Å². The lowest BCUT2D eigenvalue weighted by molar-refractivity contribution is 0.187. The Morgan fingerprint density at radius 3 is 2.90 bits per heavy atom. The fourth-order valence-corrected chi connectivity index (χ4v) is 3.46. The van der Waals surface area contributed by atoms with Crippen molar-refractivity contribution in [2.24, 2.45) is 0 Å². The van der Waals surface area contributed by atoms with Crippen LogP contribution in [0.15, 0.2) is 36.7 Å². The molecule has 1 aliphatic rings. The lowest BCUT2D eigenvalue weighted by Crippen LogP contribution is -2.28. The van der Waals surface area contributed by atoms with E-state index in [1.807, 2.05) is 0 Å². The first kappa shape index (κ1) is 19.6. The highest BCUT2D eigenvalue weighted by atomic mass is 35.5. The van der Waals surface area contributed by atoms with Gasteiger partial charge in [-0.2, -0.15) is 0 Å². The molecule has 152 valence electrons. The predicted molar refractivity (Wildman–Crippen MR) is 109 cm³/mol. The minimum absolute atomic E-state index is 0.0115. The van der Waals surface area contributed by atoms with Gasteiger partial charge in [0.2, 0.25) is 0 Å². The van der Waals surface area contributed by atoms with Crippen molar-refractivity contribution in [2.75, 3.05) is 25.6 Å². The monoisotopic (exact) mass is 418 g/mol. The van der Waals surface area contributed by atoms with Gasteiger partial charge in [0, 0.05) is 30.4 Å². The molecule has 1 fully saturated rings. The molecule has 7 nitrogen and oxygen atoms in total. The van der Waals surface area contributed by atoms with Gasteiger partial charge in [-0.3, -0.25) is 0 Å². The SMILES string of the molecule is COc1cc(OC[C@@H]2C[C@H](O)CN2)c2c(Nc3ccc(F)c(Cl)c3)ncnc2c1. The number of ether oxygens (including phenoxy) is 2. The zero-order valence-corrected chi connectivity index (χ0v) is 16.4. The Kier molecular flexibility index (Phi) is 5.66. The molecule has 0 amide bonds. The topological polar surface area (TPSA) is 88.5 Å². The van der Waals surface area contributed by atoms with Crippen LogP contribution in [0.1, 0.15) is 6.42 Å². The minimum Gasteiger partial charge on any atom is -0.497 e. The Morgan fingerprint density at radius 2 is 2.17 bits per heavy atom. The summed E-state index contributed by atoms with van der Waals surface area (Å²) in [7, 11) is 1.57. The molecule has 0 radical (unpaired) electrons. The molecule has 0 aliphatic carbocycles. The van der Waals surface area contributed by atoms with Crippen LogP contribution in [0.3, 0.4) is 0 Å². The molecule has 0 bridgehead atoms. The third-order valence-corrected chi connectivity index (χ3v) is 5.02. The Labute approximate surface area is 171 Å². The van der Waals surface area contributed by atoms with E-state index >= 15 is 0 Å². The van der Waals surface area contributed by atoms with Crippen molar-refractivity contribution < 1.29 is 19.0 Å². The minimum atomic E-state index is -0.496. The molecule has 0 saturated carbocycles. The number of nitrogens with zero attached hydrogens (tertiary/aromatic N) is 2. The zero-order valence-electron chi connectivity index (χ0n) is 15.7. The zero-order chi connectivity index (χ0) is 20.4. The fourth-order valence-electron chi connectivity index (χ4n) is 3.28. The van der Waals surface area contributed by atoms with Crippen LogP contribution in [0.25, 0.3) is 10.9 Å². The third kappa shape index (κ3) is 4.34. The second kappa shape index (κ2) is 8.36. The number of methoxy groups -OCH3 is 1. The van der Waals surface area contributed by atoms with E-state index in [1.165, 1.54) is 18.5 Å². The van der Waals surface area contributed by atoms with E-state index in [9.17, 15) is 9.50 Å². The number of β-amino-alcohol motifs (C(OH)–C–C–N with tert-alkyl or cyclic N) is 1. The van der Waals surface area contributed by atoms with Crippen LogP contribution >= 0.6 is 11.6 Å². The Morgan fingerprint density at radius 1 is 1.31 bits per heavy atom. The first-order chi connectivity index (χ1) is 14.0. The fraction of sp³-hybridized carbons (Fsp3) is 0.300. The number of aromatic nitrogens is 2. The highest BCUT2D eigenvalue weighted by molar-refractivity contribution is 6.31. The van der Waals surface area contributed by atoms with Crippen LogP contribution in [-0.2, 0) is 0 Å². The van der Waals surface area contributed by atoms with E-state index in [0.717, 1.165) is 0 Å². The van der Waals surface area contributed by atoms with Crippen LogP contribution in [0.2, 0.25) is 5.02 Å². The second-order valence-corrected chi connectivity index (χ2v) is 7.21. The molecule has 1 aliphatic heterocycles. The predicted octanol–water partition coefficient (Wildman–Crippen LogP) is 3.28. The quantitative estimate of drug-likeness (QED) is 0.566. The number of hydrogen-bond acceptors (Lipinski definition) is 7.